The molecule has 0 amide bonds. The van der Waals surface area contributed by atoms with Crippen molar-refractivity contribution in [2.45, 2.75) is 26.7 Å². The van der Waals surface area contributed by atoms with Gasteiger partial charge in [0.05, 0.1) is 7.11 Å². The van der Waals surface area contributed by atoms with Crippen molar-refractivity contribution in [3.05, 3.63) is 29.8 Å². The minimum absolute atomic E-state index is 0.927. The highest BCUT2D eigenvalue weighted by molar-refractivity contribution is 5.27. The van der Waals surface area contributed by atoms with E-state index in [1.54, 1.807) is 7.11 Å². The van der Waals surface area contributed by atoms with Crippen LogP contribution in [-0.2, 0) is 6.42 Å². The number of nitrogens with one attached hydrogen (secondary N) is 1. The van der Waals surface area contributed by atoms with E-state index in [0.717, 1.165) is 38.3 Å². The third kappa shape index (κ3) is 6.60. The Hall–Kier alpha value is -1.06. The van der Waals surface area contributed by atoms with Gasteiger partial charge < -0.3 is 15.0 Å². The van der Waals surface area contributed by atoms with Crippen molar-refractivity contribution in [2.24, 2.45) is 0 Å². The standard InChI is InChI=1S/C16H28N2O/c1-4-18(5-2)14-6-12-17-13-11-15-7-9-16(19-3)10-8-15/h7-10,17H,4-6,11-14H2,1-3H3. The summed E-state index contributed by atoms with van der Waals surface area (Å²) in [5.74, 6) is 0.927. The molecule has 3 heteroatoms. The normalized spacial score (nSPS) is 10.9. The molecular weight excluding hydrogens is 236 g/mol. The molecular formula is C16H28N2O. The van der Waals surface area contributed by atoms with Gasteiger partial charge >= 0.3 is 0 Å². The Balaban J connectivity index is 2.07. The maximum absolute atomic E-state index is 5.15. The summed E-state index contributed by atoms with van der Waals surface area (Å²) in [4.78, 5) is 2.46. The van der Waals surface area contributed by atoms with Gasteiger partial charge in [0.2, 0.25) is 0 Å². The fraction of sp³-hybridized carbons (Fsp3) is 0.625. The molecule has 0 fully saturated rings. The number of hydrogen-bond donors (Lipinski definition) is 1. The van der Waals surface area contributed by atoms with E-state index in [2.05, 4.69) is 36.2 Å². The molecule has 1 rings (SSSR count). The van der Waals surface area contributed by atoms with Crippen LogP contribution < -0.4 is 10.1 Å². The van der Waals surface area contributed by atoms with Crippen molar-refractivity contribution in [3.8, 4) is 5.75 Å². The molecule has 1 N–H and O–H groups in total. The van der Waals surface area contributed by atoms with Gasteiger partial charge in [-0.15, -0.1) is 0 Å². The Morgan fingerprint density at radius 2 is 1.74 bits per heavy atom. The molecule has 108 valence electrons. The van der Waals surface area contributed by atoms with Gasteiger partial charge in [0, 0.05) is 0 Å². The number of nitrogens with zero attached hydrogens (tertiary/aromatic N) is 1. The van der Waals surface area contributed by atoms with E-state index in [1.165, 1.54) is 18.5 Å². The topological polar surface area (TPSA) is 24.5 Å². The smallest absolute Gasteiger partial charge is 0.118 e. The molecule has 1 aromatic rings. The third-order valence-electron chi connectivity index (χ3n) is 3.47. The molecule has 19 heavy (non-hydrogen) atoms. The molecule has 1 aromatic carbocycles. The van der Waals surface area contributed by atoms with Gasteiger partial charge in [0.1, 0.15) is 5.75 Å². The average Bonchev–Trinajstić information content (AvgIpc) is 2.47. The number of methoxy groups -OCH3 is 1. The van der Waals surface area contributed by atoms with E-state index in [0.29, 0.717) is 0 Å². The summed E-state index contributed by atoms with van der Waals surface area (Å²) in [6.07, 6.45) is 2.31. The van der Waals surface area contributed by atoms with Crippen LogP contribution in [0.3, 0.4) is 0 Å². The number of hydrogen-bond acceptors (Lipinski definition) is 3. The van der Waals surface area contributed by atoms with Crippen LogP contribution in [0.4, 0.5) is 0 Å². The number of rotatable bonds is 10. The Kier molecular flexibility index (Phi) is 8.26. The number of benzene rings is 1. The van der Waals surface area contributed by atoms with Gasteiger partial charge in [-0.3, -0.25) is 0 Å². The second kappa shape index (κ2) is 9.82. The second-order valence-corrected chi connectivity index (χ2v) is 4.73. The fourth-order valence-electron chi connectivity index (χ4n) is 2.12. The largest absolute Gasteiger partial charge is 0.497 e. The van der Waals surface area contributed by atoms with E-state index < -0.39 is 0 Å². The van der Waals surface area contributed by atoms with Crippen LogP contribution in [0, 0.1) is 0 Å². The van der Waals surface area contributed by atoms with Crippen LogP contribution >= 0.6 is 0 Å². The first-order valence-electron chi connectivity index (χ1n) is 7.36. The van der Waals surface area contributed by atoms with Gasteiger partial charge in [-0.1, -0.05) is 26.0 Å². The first kappa shape index (κ1) is 16.0. The predicted molar refractivity (Wildman–Crippen MR) is 82.0 cm³/mol. The van der Waals surface area contributed by atoms with Gasteiger partial charge in [-0.05, 0) is 63.3 Å². The van der Waals surface area contributed by atoms with Crippen LogP contribution in [0.15, 0.2) is 24.3 Å². The zero-order valence-corrected chi connectivity index (χ0v) is 12.6. The van der Waals surface area contributed by atoms with Crippen LogP contribution in [0.2, 0.25) is 0 Å². The van der Waals surface area contributed by atoms with Crippen molar-refractivity contribution in [1.29, 1.82) is 0 Å². The molecule has 0 bridgehead atoms. The lowest BCUT2D eigenvalue weighted by Gasteiger charge is -2.17. The minimum atomic E-state index is 0.927. The Morgan fingerprint density at radius 1 is 1.05 bits per heavy atom. The molecule has 0 atom stereocenters. The molecule has 0 aromatic heterocycles. The minimum Gasteiger partial charge on any atom is -0.497 e. The zero-order valence-electron chi connectivity index (χ0n) is 12.6. The summed E-state index contributed by atoms with van der Waals surface area (Å²) in [5.41, 5.74) is 1.36. The second-order valence-electron chi connectivity index (χ2n) is 4.73. The molecule has 0 unspecified atom stereocenters. The molecule has 0 aliphatic heterocycles. The van der Waals surface area contributed by atoms with E-state index in [1.807, 2.05) is 12.1 Å². The van der Waals surface area contributed by atoms with Crippen LogP contribution in [0.5, 0.6) is 5.75 Å². The Bertz CT molecular complexity index is 320. The highest BCUT2D eigenvalue weighted by atomic mass is 16.5. The van der Waals surface area contributed by atoms with Crippen LogP contribution in [-0.4, -0.2) is 44.7 Å². The van der Waals surface area contributed by atoms with Gasteiger partial charge in [-0.2, -0.15) is 0 Å². The lowest BCUT2D eigenvalue weighted by atomic mass is 10.1. The van der Waals surface area contributed by atoms with Gasteiger partial charge in [-0.25, -0.2) is 0 Å². The van der Waals surface area contributed by atoms with Crippen LogP contribution in [0.25, 0.3) is 0 Å². The van der Waals surface area contributed by atoms with E-state index in [9.17, 15) is 0 Å². The summed E-state index contributed by atoms with van der Waals surface area (Å²) >= 11 is 0. The van der Waals surface area contributed by atoms with E-state index in [-0.39, 0.29) is 0 Å². The van der Waals surface area contributed by atoms with Crippen molar-refractivity contribution in [3.63, 3.8) is 0 Å². The van der Waals surface area contributed by atoms with Gasteiger partial charge in [0.25, 0.3) is 0 Å². The summed E-state index contributed by atoms with van der Waals surface area (Å²) in [7, 11) is 1.70. The SMILES string of the molecule is CCN(CC)CCCNCCc1ccc(OC)cc1. The molecule has 0 saturated carbocycles. The Labute approximate surface area is 118 Å². The summed E-state index contributed by atoms with van der Waals surface area (Å²) < 4.78 is 5.15. The zero-order chi connectivity index (χ0) is 13.9. The van der Waals surface area contributed by atoms with Crippen molar-refractivity contribution in [1.82, 2.24) is 10.2 Å². The maximum atomic E-state index is 5.15. The molecule has 0 aliphatic carbocycles. The lowest BCUT2D eigenvalue weighted by molar-refractivity contribution is 0.298. The van der Waals surface area contributed by atoms with Crippen molar-refractivity contribution >= 4 is 0 Å². The summed E-state index contributed by atoms with van der Waals surface area (Å²) in [6, 6.07) is 8.32. The fourth-order valence-corrected chi connectivity index (χ4v) is 2.12. The van der Waals surface area contributed by atoms with Crippen molar-refractivity contribution < 1.29 is 4.74 Å². The Morgan fingerprint density at radius 3 is 2.32 bits per heavy atom. The molecule has 0 heterocycles. The predicted octanol–water partition coefficient (Wildman–Crippen LogP) is 2.56. The summed E-state index contributed by atoms with van der Waals surface area (Å²) in [5, 5.41) is 3.51. The third-order valence-corrected chi connectivity index (χ3v) is 3.47. The highest BCUT2D eigenvalue weighted by Gasteiger charge is 1.98. The van der Waals surface area contributed by atoms with E-state index >= 15 is 0 Å². The quantitative estimate of drug-likeness (QED) is 0.657. The molecule has 3 nitrogen and oxygen atoms in total. The monoisotopic (exact) mass is 264 g/mol. The van der Waals surface area contributed by atoms with Crippen molar-refractivity contribution in [2.75, 3.05) is 39.8 Å². The molecule has 0 radical (unpaired) electrons. The highest BCUT2D eigenvalue weighted by Crippen LogP contribution is 2.11. The van der Waals surface area contributed by atoms with E-state index in [4.69, 9.17) is 4.74 Å². The first-order chi connectivity index (χ1) is 9.30. The average molecular weight is 264 g/mol. The van der Waals surface area contributed by atoms with Crippen LogP contribution in [0.1, 0.15) is 25.8 Å². The maximum Gasteiger partial charge on any atom is 0.118 e. The summed E-state index contributed by atoms with van der Waals surface area (Å²) in [6.45, 7) is 10.1. The van der Waals surface area contributed by atoms with Gasteiger partial charge in [0.15, 0.2) is 0 Å². The lowest BCUT2D eigenvalue weighted by Crippen LogP contribution is -2.27. The molecule has 0 aliphatic rings. The first-order valence-corrected chi connectivity index (χ1v) is 7.36. The molecule has 0 spiro atoms. The molecule has 0 saturated heterocycles. The number of ether oxygens (including phenoxy) is 1.